The molecule has 1 unspecified atom stereocenters. The number of fused-ring (bicyclic) bond motifs is 1. The summed E-state index contributed by atoms with van der Waals surface area (Å²) in [5.74, 6) is -0.468. The van der Waals surface area contributed by atoms with E-state index in [2.05, 4.69) is 0 Å². The number of hydrogen-bond acceptors (Lipinski definition) is 5. The van der Waals surface area contributed by atoms with E-state index in [0.717, 1.165) is 0 Å². The number of hydrogen-bond donors (Lipinski definition) is 3. The van der Waals surface area contributed by atoms with Crippen LogP contribution >= 0.6 is 0 Å². The van der Waals surface area contributed by atoms with Crippen LogP contribution in [0.15, 0.2) is 12.1 Å². The van der Waals surface area contributed by atoms with Gasteiger partial charge in [-0.1, -0.05) is 0 Å². The van der Waals surface area contributed by atoms with Gasteiger partial charge in [-0.25, -0.2) is 0 Å². The Balaban J connectivity index is 2.33. The van der Waals surface area contributed by atoms with Crippen LogP contribution in [0.2, 0.25) is 0 Å². The highest BCUT2D eigenvalue weighted by Crippen LogP contribution is 2.40. The summed E-state index contributed by atoms with van der Waals surface area (Å²) < 4.78 is 10.3. The number of benzene rings is 1. The van der Waals surface area contributed by atoms with Crippen LogP contribution in [0.1, 0.15) is 17.9 Å². The zero-order chi connectivity index (χ0) is 12.4. The van der Waals surface area contributed by atoms with E-state index in [1.165, 1.54) is 6.07 Å². The summed E-state index contributed by atoms with van der Waals surface area (Å²) >= 11 is 0. The van der Waals surface area contributed by atoms with Crippen molar-refractivity contribution in [2.75, 3.05) is 13.3 Å². The lowest BCUT2D eigenvalue weighted by Crippen LogP contribution is -2.16. The van der Waals surface area contributed by atoms with Crippen molar-refractivity contribution in [2.45, 2.75) is 12.3 Å². The third-order valence-electron chi connectivity index (χ3n) is 2.67. The van der Waals surface area contributed by atoms with Gasteiger partial charge in [0.25, 0.3) is 0 Å². The second kappa shape index (κ2) is 4.50. The maximum Gasteiger partial charge on any atom is 0.304 e. The van der Waals surface area contributed by atoms with Gasteiger partial charge in [0.15, 0.2) is 11.5 Å². The Labute approximate surface area is 97.6 Å². The summed E-state index contributed by atoms with van der Waals surface area (Å²) in [7, 11) is 0. The first-order valence-corrected chi connectivity index (χ1v) is 5.16. The van der Waals surface area contributed by atoms with Crippen LogP contribution in [-0.4, -0.2) is 29.5 Å². The fraction of sp³-hybridized carbons (Fsp3) is 0.364. The predicted octanol–water partition coefficient (Wildman–Crippen LogP) is 0.638. The summed E-state index contributed by atoms with van der Waals surface area (Å²) in [4.78, 5) is 10.7. The van der Waals surface area contributed by atoms with E-state index >= 15 is 0 Å². The van der Waals surface area contributed by atoms with Gasteiger partial charge in [-0.05, 0) is 12.6 Å². The Morgan fingerprint density at radius 2 is 2.06 bits per heavy atom. The molecule has 1 aliphatic heterocycles. The average Bonchev–Trinajstić information content (AvgIpc) is 2.71. The number of carboxylic acids is 1. The van der Waals surface area contributed by atoms with Crippen molar-refractivity contribution in [1.82, 2.24) is 0 Å². The van der Waals surface area contributed by atoms with Crippen LogP contribution in [0.5, 0.6) is 17.2 Å². The van der Waals surface area contributed by atoms with Gasteiger partial charge < -0.3 is 25.4 Å². The summed E-state index contributed by atoms with van der Waals surface area (Å²) in [5, 5.41) is 18.6. The molecule has 4 N–H and O–H groups in total. The fourth-order valence-electron chi connectivity index (χ4n) is 1.80. The number of ether oxygens (including phenoxy) is 2. The minimum Gasteiger partial charge on any atom is -0.508 e. The fourth-order valence-corrected chi connectivity index (χ4v) is 1.80. The van der Waals surface area contributed by atoms with Gasteiger partial charge >= 0.3 is 5.97 Å². The van der Waals surface area contributed by atoms with Crippen molar-refractivity contribution in [2.24, 2.45) is 5.73 Å². The molecule has 0 aliphatic carbocycles. The van der Waals surface area contributed by atoms with Gasteiger partial charge in [-0.3, -0.25) is 4.79 Å². The van der Waals surface area contributed by atoms with Crippen molar-refractivity contribution in [1.29, 1.82) is 0 Å². The molecule has 0 fully saturated rings. The van der Waals surface area contributed by atoms with E-state index < -0.39 is 11.9 Å². The first-order chi connectivity index (χ1) is 8.11. The van der Waals surface area contributed by atoms with Crippen molar-refractivity contribution >= 4 is 5.97 Å². The third kappa shape index (κ3) is 2.26. The van der Waals surface area contributed by atoms with E-state index in [-0.39, 0.29) is 25.5 Å². The predicted molar refractivity (Wildman–Crippen MR) is 58.3 cm³/mol. The Kier molecular flexibility index (Phi) is 3.06. The molecule has 0 saturated carbocycles. The molecule has 1 aliphatic rings. The molecule has 1 atom stereocenters. The molecule has 6 heteroatoms. The lowest BCUT2D eigenvalue weighted by Gasteiger charge is -2.14. The van der Waals surface area contributed by atoms with Crippen LogP contribution in [0, 0.1) is 0 Å². The Morgan fingerprint density at radius 3 is 2.65 bits per heavy atom. The monoisotopic (exact) mass is 239 g/mol. The topological polar surface area (TPSA) is 102 Å². The molecule has 92 valence electrons. The second-order valence-electron chi connectivity index (χ2n) is 3.79. The van der Waals surface area contributed by atoms with Crippen molar-refractivity contribution < 1.29 is 24.5 Å². The molecule has 0 bridgehead atoms. The quantitative estimate of drug-likeness (QED) is 0.712. The molecular formula is C11H13NO5. The summed E-state index contributed by atoms with van der Waals surface area (Å²) in [6.07, 6.45) is -0.135. The molecule has 0 radical (unpaired) electrons. The van der Waals surface area contributed by atoms with Gasteiger partial charge in [0.2, 0.25) is 6.79 Å². The van der Waals surface area contributed by atoms with Crippen LogP contribution in [0.4, 0.5) is 0 Å². The third-order valence-corrected chi connectivity index (χ3v) is 2.67. The summed E-state index contributed by atoms with van der Waals surface area (Å²) in [6, 6.07) is 3.00. The van der Waals surface area contributed by atoms with Crippen LogP contribution in [0.25, 0.3) is 0 Å². The van der Waals surface area contributed by atoms with Gasteiger partial charge in [-0.2, -0.15) is 0 Å². The Bertz CT molecular complexity index is 446. The number of carboxylic acid groups (broad SMARTS) is 1. The smallest absolute Gasteiger partial charge is 0.304 e. The van der Waals surface area contributed by atoms with Gasteiger partial charge in [-0.15, -0.1) is 0 Å². The van der Waals surface area contributed by atoms with E-state index in [1.54, 1.807) is 6.07 Å². The zero-order valence-electron chi connectivity index (χ0n) is 9.05. The van der Waals surface area contributed by atoms with E-state index in [9.17, 15) is 9.90 Å². The minimum atomic E-state index is -0.961. The highest BCUT2D eigenvalue weighted by Gasteiger charge is 2.23. The number of phenols is 1. The average molecular weight is 239 g/mol. The Morgan fingerprint density at radius 1 is 1.41 bits per heavy atom. The van der Waals surface area contributed by atoms with E-state index in [1.807, 2.05) is 0 Å². The lowest BCUT2D eigenvalue weighted by atomic mass is 9.94. The highest BCUT2D eigenvalue weighted by atomic mass is 16.7. The standard InChI is InChI=1S/C11H13NO5/c12-4-6(1-11(14)15)7-2-9-10(3-8(7)13)17-5-16-9/h2-3,6,13H,1,4-5,12H2,(H,14,15). The maximum atomic E-state index is 10.7. The van der Waals surface area contributed by atoms with Gasteiger partial charge in [0, 0.05) is 17.5 Å². The Hall–Kier alpha value is -1.95. The summed E-state index contributed by atoms with van der Waals surface area (Å²) in [5.41, 5.74) is 5.99. The molecular weight excluding hydrogens is 226 g/mol. The number of nitrogens with two attached hydrogens (primary N) is 1. The molecule has 0 aromatic heterocycles. The first kappa shape index (κ1) is 11.5. The number of aliphatic carboxylic acids is 1. The zero-order valence-corrected chi connectivity index (χ0v) is 9.05. The van der Waals surface area contributed by atoms with Crippen LogP contribution in [-0.2, 0) is 4.79 Å². The molecule has 1 aromatic rings. The second-order valence-corrected chi connectivity index (χ2v) is 3.79. The lowest BCUT2D eigenvalue weighted by molar-refractivity contribution is -0.137. The first-order valence-electron chi connectivity index (χ1n) is 5.16. The van der Waals surface area contributed by atoms with Crippen LogP contribution < -0.4 is 15.2 Å². The SMILES string of the molecule is NCC(CC(=O)O)c1cc2c(cc1O)OCO2. The van der Waals surface area contributed by atoms with Crippen LogP contribution in [0.3, 0.4) is 0 Å². The normalized spacial score (nSPS) is 14.6. The molecule has 0 spiro atoms. The van der Waals surface area contributed by atoms with Gasteiger partial charge in [0.1, 0.15) is 5.75 Å². The number of phenolic OH excluding ortho intramolecular Hbond substituents is 1. The molecule has 17 heavy (non-hydrogen) atoms. The van der Waals surface area contributed by atoms with Gasteiger partial charge in [0.05, 0.1) is 6.42 Å². The largest absolute Gasteiger partial charge is 0.508 e. The maximum absolute atomic E-state index is 10.7. The molecule has 0 saturated heterocycles. The molecule has 1 aromatic carbocycles. The van der Waals surface area contributed by atoms with E-state index in [0.29, 0.717) is 17.1 Å². The number of rotatable bonds is 4. The van der Waals surface area contributed by atoms with Crippen molar-refractivity contribution in [3.05, 3.63) is 17.7 Å². The highest BCUT2D eigenvalue weighted by molar-refractivity contribution is 5.68. The summed E-state index contributed by atoms with van der Waals surface area (Å²) in [6.45, 7) is 0.240. The number of aromatic hydroxyl groups is 1. The number of carbonyl (C=O) groups is 1. The molecule has 0 amide bonds. The molecule has 1 heterocycles. The van der Waals surface area contributed by atoms with Crippen molar-refractivity contribution in [3.8, 4) is 17.2 Å². The molecule has 2 rings (SSSR count). The van der Waals surface area contributed by atoms with E-state index in [4.69, 9.17) is 20.3 Å². The minimum absolute atomic E-state index is 0.0223. The molecule has 6 nitrogen and oxygen atoms in total. The van der Waals surface area contributed by atoms with Crippen molar-refractivity contribution in [3.63, 3.8) is 0 Å².